The largest absolute Gasteiger partial charge is 0.454 e. The molecule has 37 heteroatoms. The van der Waals surface area contributed by atoms with Gasteiger partial charge in [0.15, 0.2) is 6.61 Å². The maximum absolute atomic E-state index is 14.2. The highest BCUT2D eigenvalue weighted by atomic mass is 19.4. The minimum Gasteiger partial charge on any atom is -0.454 e. The Bertz CT molecular complexity index is 5390. The average molecular weight is 1560 g/mol. The van der Waals surface area contributed by atoms with Crippen molar-refractivity contribution in [3.63, 3.8) is 0 Å². The first kappa shape index (κ1) is 81.5. The third-order valence-corrected chi connectivity index (χ3v) is 16.3. The molecule has 0 bridgehead atoms. The second kappa shape index (κ2) is 36.5. The van der Waals surface area contributed by atoms with Crippen LogP contribution >= 0.6 is 0 Å². The maximum Gasteiger partial charge on any atom is 0.422 e. The van der Waals surface area contributed by atoms with Crippen molar-refractivity contribution in [2.75, 3.05) is 48.4 Å². The number of ether oxygens (including phenoxy) is 1. The zero-order valence-electron chi connectivity index (χ0n) is 59.6. The Hall–Kier alpha value is -13.0. The van der Waals surface area contributed by atoms with Gasteiger partial charge in [-0.1, -0.05) is 84.4 Å². The van der Waals surface area contributed by atoms with Crippen LogP contribution in [0.3, 0.4) is 0 Å². The molecular weight excluding hydrogens is 1490 g/mol. The van der Waals surface area contributed by atoms with E-state index in [9.17, 15) is 76.3 Å². The highest BCUT2D eigenvalue weighted by Crippen LogP contribution is 2.35. The lowest BCUT2D eigenvalue weighted by Crippen LogP contribution is -2.42. The summed E-state index contributed by atoms with van der Waals surface area (Å²) in [6.07, 6.45) is -4.33. The Labute approximate surface area is 627 Å². The molecule has 1 atom stereocenters. The van der Waals surface area contributed by atoms with Crippen LogP contribution in [0.4, 0.5) is 74.9 Å². The van der Waals surface area contributed by atoms with Gasteiger partial charge in [0.1, 0.15) is 24.2 Å². The van der Waals surface area contributed by atoms with Gasteiger partial charge in [-0.2, -0.15) is 59.9 Å². The smallest absolute Gasteiger partial charge is 0.422 e. The molecule has 1 aliphatic rings. The van der Waals surface area contributed by atoms with Crippen LogP contribution in [0.5, 0.6) is 6.01 Å². The van der Waals surface area contributed by atoms with E-state index in [1.54, 1.807) is 44.2 Å². The molecule has 0 aliphatic carbocycles. The molecular formula is C75H66F13N19O5. The standard InChI is InChI=1S/C21H19F4N5O.C19H17F4N5O.C18H17F2N5O.C17H13F3N4O2/c1-13-4-5-14(16(22)9-13)12-30-19(31)7-6-17(28-30)15-10-26-20(27-11-15)29-8-2-3-18(29)21(23,24)25;1-12-3-4-13(15(20)7-12)10-28-17(29)6-5-16(26-28)14-8-24-18(25-9-14)27(2)11-19(21,22)23;1-12-2-4-13(5-3-12)11-25-17(26)7-6-15(24-25)14-8-21-18(22-9-14)23-10-16(19)20;18-17(19,20)11-26-16-21-8-13(9-22-16)14-6-7-15(25)24(23-14)10-12-4-2-1-3-5-12/h4-7,9-11,18H,2-3,8,12H2,1H3;3-9H,10-11H2,1-2H3;2-9,16H,10-11H2,1H3,(H,21,22,23);1-9H,10-11H2. The van der Waals surface area contributed by atoms with E-state index in [-0.39, 0.29) is 61.0 Å². The van der Waals surface area contributed by atoms with E-state index < -0.39 is 73.4 Å². The lowest BCUT2D eigenvalue weighted by molar-refractivity contribution is -0.154. The number of hydrogen-bond acceptors (Lipinski definition) is 20. The number of alkyl halides is 11. The van der Waals surface area contributed by atoms with Crippen molar-refractivity contribution in [1.82, 2.24) is 79.0 Å². The molecule has 4 aromatic carbocycles. The second-order valence-electron chi connectivity index (χ2n) is 25.2. The number of nitrogens with one attached hydrogen (secondary N) is 1. The highest BCUT2D eigenvalue weighted by molar-refractivity contribution is 5.59. The van der Waals surface area contributed by atoms with E-state index in [0.717, 1.165) is 47.0 Å². The van der Waals surface area contributed by atoms with Gasteiger partial charge in [0.25, 0.3) is 28.7 Å². The number of rotatable bonds is 20. The van der Waals surface area contributed by atoms with Gasteiger partial charge in [0.05, 0.1) is 55.5 Å². The van der Waals surface area contributed by atoms with E-state index in [4.69, 9.17) is 0 Å². The average Bonchev–Trinajstić information content (AvgIpc) is 1.60. The molecule has 112 heavy (non-hydrogen) atoms. The van der Waals surface area contributed by atoms with Crippen LogP contribution in [-0.4, -0.2) is 143 Å². The van der Waals surface area contributed by atoms with Gasteiger partial charge in [-0.3, -0.25) is 19.2 Å². The molecule has 1 unspecified atom stereocenters. The lowest BCUT2D eigenvalue weighted by Gasteiger charge is -2.26. The van der Waals surface area contributed by atoms with E-state index in [1.165, 1.54) is 121 Å². The summed E-state index contributed by atoms with van der Waals surface area (Å²) in [4.78, 5) is 81.8. The van der Waals surface area contributed by atoms with Crippen LogP contribution in [0.1, 0.15) is 51.8 Å². The van der Waals surface area contributed by atoms with Crippen LogP contribution in [0.15, 0.2) is 208 Å². The van der Waals surface area contributed by atoms with Gasteiger partial charge in [-0.05, 0) is 92.3 Å². The summed E-state index contributed by atoms with van der Waals surface area (Å²) in [6, 6.07) is 36.0. The second-order valence-corrected chi connectivity index (χ2v) is 25.2. The summed E-state index contributed by atoms with van der Waals surface area (Å²) in [7, 11) is 1.23. The Kier molecular flexibility index (Phi) is 26.6. The summed E-state index contributed by atoms with van der Waals surface area (Å²) >= 11 is 0. The summed E-state index contributed by atoms with van der Waals surface area (Å²) < 4.78 is 175. The number of aromatic nitrogens is 16. The third kappa shape index (κ3) is 23.5. The molecule has 9 heterocycles. The number of hydrogen-bond donors (Lipinski definition) is 1. The maximum atomic E-state index is 14.2. The fourth-order valence-electron chi connectivity index (χ4n) is 10.7. The number of anilines is 3. The SMILES string of the molecule is Cc1ccc(Cn2nc(-c3cnc(N(C)CC(F)(F)F)nc3)ccc2=O)c(F)c1.Cc1ccc(Cn2nc(-c3cnc(N4CCCC4C(F)(F)F)nc3)ccc2=O)c(F)c1.Cc1ccc(Cn2nc(-c3cnc(NCC(F)F)nc3)ccc2=O)cc1.O=c1ccc(-c2cnc(OCC(F)(F)F)nc2)nn1Cc1ccccc1. The summed E-state index contributed by atoms with van der Waals surface area (Å²) in [5, 5.41) is 19.5. The first-order valence-electron chi connectivity index (χ1n) is 33.8. The van der Waals surface area contributed by atoms with Crippen molar-refractivity contribution >= 4 is 17.8 Å². The van der Waals surface area contributed by atoms with Crippen LogP contribution in [-0.2, 0) is 26.2 Å². The molecule has 8 aromatic heterocycles. The fraction of sp³-hybridized carbons (Fsp3) is 0.253. The van der Waals surface area contributed by atoms with E-state index in [0.29, 0.717) is 75.7 Å². The molecule has 12 aromatic rings. The predicted molar refractivity (Wildman–Crippen MR) is 386 cm³/mol. The van der Waals surface area contributed by atoms with Gasteiger partial charge < -0.3 is 19.9 Å². The third-order valence-electron chi connectivity index (χ3n) is 16.3. The Balaban J connectivity index is 0.000000159. The quantitative estimate of drug-likeness (QED) is 0.0694. The summed E-state index contributed by atoms with van der Waals surface area (Å²) in [6.45, 7) is 3.11. The molecule has 13 rings (SSSR count). The Morgan fingerprint density at radius 3 is 1.29 bits per heavy atom. The number of benzene rings is 4. The normalized spacial score (nSPS) is 12.8. The molecule has 0 saturated carbocycles. The lowest BCUT2D eigenvalue weighted by atomic mass is 10.1. The molecule has 1 N–H and O–H groups in total. The van der Waals surface area contributed by atoms with Crippen LogP contribution in [0.25, 0.3) is 45.0 Å². The molecule has 582 valence electrons. The number of aryl methyl sites for hydroxylation is 3. The minimum absolute atomic E-state index is 0.00128. The Morgan fingerprint density at radius 2 is 0.884 bits per heavy atom. The molecule has 0 amide bonds. The zero-order valence-corrected chi connectivity index (χ0v) is 59.6. The molecule has 1 aliphatic heterocycles. The number of nitrogens with zero attached hydrogens (tertiary/aromatic N) is 18. The Morgan fingerprint density at radius 1 is 0.482 bits per heavy atom. The minimum atomic E-state index is -4.46. The first-order chi connectivity index (χ1) is 53.3. The summed E-state index contributed by atoms with van der Waals surface area (Å²) in [5.41, 5.74) is 7.35. The van der Waals surface area contributed by atoms with Gasteiger partial charge in [0.2, 0.25) is 17.8 Å². The summed E-state index contributed by atoms with van der Waals surface area (Å²) in [5.74, 6) is -0.858. The van der Waals surface area contributed by atoms with Crippen molar-refractivity contribution in [3.8, 4) is 51.0 Å². The van der Waals surface area contributed by atoms with Gasteiger partial charge >= 0.3 is 24.5 Å². The van der Waals surface area contributed by atoms with Crippen molar-refractivity contribution in [2.45, 2.75) is 90.8 Å². The fourth-order valence-corrected chi connectivity index (χ4v) is 10.7. The molecule has 1 fully saturated rings. The predicted octanol–water partition coefficient (Wildman–Crippen LogP) is 12.3. The van der Waals surface area contributed by atoms with Crippen LogP contribution in [0, 0.1) is 32.4 Å². The molecule has 1 saturated heterocycles. The van der Waals surface area contributed by atoms with Gasteiger partial charge in [-0.15, -0.1) is 0 Å². The van der Waals surface area contributed by atoms with E-state index in [2.05, 4.69) is 70.3 Å². The van der Waals surface area contributed by atoms with E-state index in [1.807, 2.05) is 61.5 Å². The van der Waals surface area contributed by atoms with Crippen molar-refractivity contribution in [3.05, 3.63) is 281 Å². The molecule has 24 nitrogen and oxygen atoms in total. The van der Waals surface area contributed by atoms with Gasteiger partial charge in [0, 0.05) is 121 Å². The van der Waals surface area contributed by atoms with Crippen molar-refractivity contribution in [1.29, 1.82) is 0 Å². The molecule has 0 spiro atoms. The monoisotopic (exact) mass is 1560 g/mol. The highest BCUT2D eigenvalue weighted by Gasteiger charge is 2.47. The van der Waals surface area contributed by atoms with Crippen LogP contribution < -0.4 is 42.1 Å². The number of halogens is 13. The van der Waals surface area contributed by atoms with Crippen molar-refractivity contribution < 1.29 is 61.8 Å². The molecule has 0 radical (unpaired) electrons. The zero-order chi connectivity index (χ0) is 80.4. The van der Waals surface area contributed by atoms with E-state index >= 15 is 0 Å². The van der Waals surface area contributed by atoms with Crippen LogP contribution in [0.2, 0.25) is 0 Å². The topological polar surface area (TPSA) is 270 Å². The first-order valence-corrected chi connectivity index (χ1v) is 33.8. The van der Waals surface area contributed by atoms with Gasteiger partial charge in [-0.25, -0.2) is 76.2 Å². The van der Waals surface area contributed by atoms with Crippen molar-refractivity contribution in [2.24, 2.45) is 0 Å².